The van der Waals surface area contributed by atoms with Gasteiger partial charge >= 0.3 is 5.97 Å². The van der Waals surface area contributed by atoms with Gasteiger partial charge in [0.15, 0.2) is 5.76 Å². The van der Waals surface area contributed by atoms with E-state index in [0.29, 0.717) is 0 Å². The first-order valence-electron chi connectivity index (χ1n) is 4.68. The molecule has 74 valence electrons. The maximum Gasteiger partial charge on any atom is 0.372 e. The van der Waals surface area contributed by atoms with E-state index in [4.69, 9.17) is 4.74 Å². The fourth-order valence-electron chi connectivity index (χ4n) is 1.55. The Morgan fingerprint density at radius 2 is 1.92 bits per heavy atom. The Kier molecular flexibility index (Phi) is 3.80. The summed E-state index contributed by atoms with van der Waals surface area (Å²) in [6.07, 6.45) is 5.84. The lowest BCUT2D eigenvalue weighted by atomic mass is 9.98. The molecule has 1 aliphatic rings. The molecule has 0 aromatic rings. The van der Waals surface area contributed by atoms with Crippen LogP contribution in [0, 0.1) is 0 Å². The molecule has 1 saturated carbocycles. The fourth-order valence-corrected chi connectivity index (χ4v) is 1.55. The summed E-state index contributed by atoms with van der Waals surface area (Å²) in [6.45, 7) is 3.52. The first-order valence-corrected chi connectivity index (χ1v) is 4.68. The van der Waals surface area contributed by atoms with E-state index < -0.39 is 5.97 Å². The summed E-state index contributed by atoms with van der Waals surface area (Å²) in [5.41, 5.74) is 0. The highest BCUT2D eigenvalue weighted by atomic mass is 16.6. The number of esters is 1. The number of hydrogen-bond acceptors (Lipinski definition) is 3. The Balaban J connectivity index is 2.30. The molecule has 1 aliphatic carbocycles. The molecule has 0 N–H and O–H groups in total. The second-order valence-corrected chi connectivity index (χ2v) is 3.29. The number of hydrogen-bond donors (Lipinski definition) is 0. The summed E-state index contributed by atoms with van der Waals surface area (Å²) >= 11 is 0. The SMILES string of the molecule is C=C(OC1CCCCC1)C(=O)OC. The Morgan fingerprint density at radius 1 is 1.31 bits per heavy atom. The average Bonchev–Trinajstić information content (AvgIpc) is 2.18. The zero-order valence-electron chi connectivity index (χ0n) is 8.04. The first-order chi connectivity index (χ1) is 6.24. The van der Waals surface area contributed by atoms with Gasteiger partial charge in [0.25, 0.3) is 0 Å². The van der Waals surface area contributed by atoms with Gasteiger partial charge in [0, 0.05) is 0 Å². The first kappa shape index (κ1) is 10.1. The molecule has 0 spiro atoms. The van der Waals surface area contributed by atoms with Gasteiger partial charge in [-0.05, 0) is 32.3 Å². The van der Waals surface area contributed by atoms with E-state index in [0.717, 1.165) is 12.8 Å². The summed E-state index contributed by atoms with van der Waals surface area (Å²) in [5.74, 6) is -0.333. The molecule has 0 saturated heterocycles. The van der Waals surface area contributed by atoms with Crippen molar-refractivity contribution in [3.8, 4) is 0 Å². The van der Waals surface area contributed by atoms with Gasteiger partial charge < -0.3 is 9.47 Å². The van der Waals surface area contributed by atoms with Crippen molar-refractivity contribution in [2.75, 3.05) is 7.11 Å². The molecule has 1 rings (SSSR count). The highest BCUT2D eigenvalue weighted by Crippen LogP contribution is 2.22. The third kappa shape index (κ3) is 3.09. The van der Waals surface area contributed by atoms with Crippen molar-refractivity contribution in [1.82, 2.24) is 0 Å². The predicted molar refractivity (Wildman–Crippen MR) is 49.1 cm³/mol. The maximum atomic E-state index is 10.9. The van der Waals surface area contributed by atoms with Gasteiger partial charge in [0.05, 0.1) is 13.2 Å². The van der Waals surface area contributed by atoms with Crippen LogP contribution < -0.4 is 0 Å². The van der Waals surface area contributed by atoms with Crippen LogP contribution >= 0.6 is 0 Å². The summed E-state index contributed by atoms with van der Waals surface area (Å²) < 4.78 is 9.87. The zero-order chi connectivity index (χ0) is 9.68. The van der Waals surface area contributed by atoms with Crippen molar-refractivity contribution < 1.29 is 14.3 Å². The minimum Gasteiger partial charge on any atom is -0.484 e. The van der Waals surface area contributed by atoms with E-state index in [-0.39, 0.29) is 11.9 Å². The Hall–Kier alpha value is -0.990. The van der Waals surface area contributed by atoms with Crippen LogP contribution in [0.15, 0.2) is 12.3 Å². The second-order valence-electron chi connectivity index (χ2n) is 3.29. The Morgan fingerprint density at radius 3 is 2.46 bits per heavy atom. The fraction of sp³-hybridized carbons (Fsp3) is 0.700. The van der Waals surface area contributed by atoms with Crippen LogP contribution in [0.1, 0.15) is 32.1 Å². The smallest absolute Gasteiger partial charge is 0.372 e. The molecule has 0 bridgehead atoms. The van der Waals surface area contributed by atoms with Gasteiger partial charge in [-0.1, -0.05) is 6.42 Å². The van der Waals surface area contributed by atoms with Crippen molar-refractivity contribution in [3.05, 3.63) is 12.3 Å². The van der Waals surface area contributed by atoms with Crippen molar-refractivity contribution in [1.29, 1.82) is 0 Å². The zero-order valence-corrected chi connectivity index (χ0v) is 8.04. The van der Waals surface area contributed by atoms with E-state index in [1.165, 1.54) is 26.4 Å². The minimum atomic E-state index is -0.467. The van der Waals surface area contributed by atoms with Crippen LogP contribution in [0.2, 0.25) is 0 Å². The largest absolute Gasteiger partial charge is 0.484 e. The molecule has 0 radical (unpaired) electrons. The van der Waals surface area contributed by atoms with Crippen molar-refractivity contribution in [3.63, 3.8) is 0 Å². The standard InChI is InChI=1S/C10H16O3/c1-8(10(11)12-2)13-9-6-4-3-5-7-9/h9H,1,3-7H2,2H3. The van der Waals surface area contributed by atoms with Crippen LogP contribution in [-0.4, -0.2) is 19.2 Å². The van der Waals surface area contributed by atoms with E-state index >= 15 is 0 Å². The Bertz CT molecular complexity index is 192. The van der Waals surface area contributed by atoms with Gasteiger partial charge in [0.2, 0.25) is 0 Å². The Labute approximate surface area is 78.7 Å². The lowest BCUT2D eigenvalue weighted by Crippen LogP contribution is -2.19. The number of ether oxygens (including phenoxy) is 2. The summed E-state index contributed by atoms with van der Waals surface area (Å²) in [7, 11) is 1.33. The normalized spacial score (nSPS) is 17.9. The van der Waals surface area contributed by atoms with Gasteiger partial charge in [-0.15, -0.1) is 0 Å². The molecule has 0 heterocycles. The maximum absolute atomic E-state index is 10.9. The monoisotopic (exact) mass is 184 g/mol. The van der Waals surface area contributed by atoms with Crippen molar-refractivity contribution in [2.24, 2.45) is 0 Å². The second kappa shape index (κ2) is 4.90. The van der Waals surface area contributed by atoms with Crippen molar-refractivity contribution >= 4 is 5.97 Å². The summed E-state index contributed by atoms with van der Waals surface area (Å²) in [5, 5.41) is 0. The lowest BCUT2D eigenvalue weighted by molar-refractivity contribution is -0.141. The molecule has 3 heteroatoms. The van der Waals surface area contributed by atoms with Crippen LogP contribution in [0.5, 0.6) is 0 Å². The van der Waals surface area contributed by atoms with Gasteiger partial charge in [-0.25, -0.2) is 4.79 Å². The van der Waals surface area contributed by atoms with Crippen LogP contribution in [0.3, 0.4) is 0 Å². The molecule has 3 nitrogen and oxygen atoms in total. The summed E-state index contributed by atoms with van der Waals surface area (Å²) in [6, 6.07) is 0. The lowest BCUT2D eigenvalue weighted by Gasteiger charge is -2.22. The van der Waals surface area contributed by atoms with Crippen LogP contribution in [0.25, 0.3) is 0 Å². The van der Waals surface area contributed by atoms with Crippen LogP contribution in [-0.2, 0) is 14.3 Å². The highest BCUT2D eigenvalue weighted by molar-refractivity contribution is 5.85. The third-order valence-corrected chi connectivity index (χ3v) is 2.27. The number of methoxy groups -OCH3 is 1. The average molecular weight is 184 g/mol. The molecule has 0 unspecified atom stereocenters. The molecule has 0 aromatic carbocycles. The molecule has 0 aliphatic heterocycles. The van der Waals surface area contributed by atoms with E-state index in [2.05, 4.69) is 11.3 Å². The molecule has 13 heavy (non-hydrogen) atoms. The topological polar surface area (TPSA) is 35.5 Å². The molecule has 0 atom stereocenters. The molecule has 0 aromatic heterocycles. The van der Waals surface area contributed by atoms with E-state index in [1.54, 1.807) is 0 Å². The molecule has 1 fully saturated rings. The van der Waals surface area contributed by atoms with E-state index in [9.17, 15) is 4.79 Å². The minimum absolute atomic E-state index is 0.134. The molecule has 0 amide bonds. The number of carbonyl (C=O) groups excluding carboxylic acids is 1. The number of carbonyl (C=O) groups is 1. The molecular formula is C10H16O3. The summed E-state index contributed by atoms with van der Waals surface area (Å²) in [4.78, 5) is 10.9. The highest BCUT2D eigenvalue weighted by Gasteiger charge is 2.18. The predicted octanol–water partition coefficient (Wildman–Crippen LogP) is 2.02. The quantitative estimate of drug-likeness (QED) is 0.382. The van der Waals surface area contributed by atoms with Gasteiger partial charge in [-0.3, -0.25) is 0 Å². The van der Waals surface area contributed by atoms with Gasteiger partial charge in [0.1, 0.15) is 0 Å². The van der Waals surface area contributed by atoms with Gasteiger partial charge in [-0.2, -0.15) is 0 Å². The van der Waals surface area contributed by atoms with Crippen molar-refractivity contribution in [2.45, 2.75) is 38.2 Å². The van der Waals surface area contributed by atoms with E-state index in [1.807, 2.05) is 0 Å². The molecular weight excluding hydrogens is 168 g/mol. The van der Waals surface area contributed by atoms with Crippen LogP contribution in [0.4, 0.5) is 0 Å². The third-order valence-electron chi connectivity index (χ3n) is 2.27. The number of rotatable bonds is 3.